The number of imidazole rings is 1. The number of nitrogens with zero attached hydrogens (tertiary/aromatic N) is 2. The zero-order valence-corrected chi connectivity index (χ0v) is 11.8. The first-order valence-electron chi connectivity index (χ1n) is 7.59. The van der Waals surface area contributed by atoms with Gasteiger partial charge >= 0.3 is 0 Å². The van der Waals surface area contributed by atoms with Crippen LogP contribution in [-0.2, 0) is 7.05 Å². The van der Waals surface area contributed by atoms with Gasteiger partial charge in [-0.3, -0.25) is 5.32 Å². The van der Waals surface area contributed by atoms with E-state index in [1.807, 2.05) is 31.6 Å². The molecule has 0 aromatic carbocycles. The van der Waals surface area contributed by atoms with Crippen LogP contribution in [0.5, 0.6) is 0 Å². The Balaban J connectivity index is 1.62. The fourth-order valence-corrected chi connectivity index (χ4v) is 3.15. The summed E-state index contributed by atoms with van der Waals surface area (Å²) in [5.41, 5.74) is 0. The second-order valence-corrected chi connectivity index (χ2v) is 6.21. The molecule has 2 fully saturated rings. The molecule has 4 rings (SSSR count). The molecule has 2 aliphatic carbocycles. The second-order valence-electron chi connectivity index (χ2n) is 6.21. The topological polar surface area (TPSA) is 43.0 Å². The quantitative estimate of drug-likeness (QED) is 0.878. The van der Waals surface area contributed by atoms with Gasteiger partial charge in [-0.2, -0.15) is 0 Å². The van der Waals surface area contributed by atoms with Gasteiger partial charge < -0.3 is 8.98 Å². The summed E-state index contributed by atoms with van der Waals surface area (Å²) in [5, 5.41) is 3.85. The first-order chi connectivity index (χ1) is 9.83. The molecule has 0 radical (unpaired) electrons. The van der Waals surface area contributed by atoms with Gasteiger partial charge in [-0.15, -0.1) is 0 Å². The third kappa shape index (κ3) is 2.29. The van der Waals surface area contributed by atoms with Crippen molar-refractivity contribution in [2.75, 3.05) is 0 Å². The van der Waals surface area contributed by atoms with Gasteiger partial charge in [0.25, 0.3) is 0 Å². The van der Waals surface area contributed by atoms with Crippen LogP contribution in [0, 0.1) is 11.8 Å². The number of aryl methyl sites for hydroxylation is 1. The molecule has 0 spiro atoms. The molecule has 2 aliphatic rings. The number of hydrogen-bond donors (Lipinski definition) is 1. The normalized spacial score (nSPS) is 20.5. The predicted octanol–water partition coefficient (Wildman–Crippen LogP) is 2.88. The van der Waals surface area contributed by atoms with Gasteiger partial charge in [-0.1, -0.05) is 0 Å². The van der Waals surface area contributed by atoms with Crippen LogP contribution in [-0.4, -0.2) is 15.6 Å². The van der Waals surface area contributed by atoms with E-state index in [0.29, 0.717) is 6.04 Å². The molecule has 1 atom stereocenters. The average molecular weight is 271 g/mol. The molecule has 2 saturated carbocycles. The van der Waals surface area contributed by atoms with Gasteiger partial charge in [-0.05, 0) is 49.7 Å². The van der Waals surface area contributed by atoms with E-state index < -0.39 is 0 Å². The summed E-state index contributed by atoms with van der Waals surface area (Å²) in [6, 6.07) is 4.69. The van der Waals surface area contributed by atoms with Crippen molar-refractivity contribution in [1.29, 1.82) is 0 Å². The lowest BCUT2D eigenvalue weighted by Gasteiger charge is -2.24. The summed E-state index contributed by atoms with van der Waals surface area (Å²) in [5.74, 6) is 3.72. The van der Waals surface area contributed by atoms with Crippen LogP contribution >= 0.6 is 0 Å². The first-order valence-corrected chi connectivity index (χ1v) is 7.59. The maximum absolute atomic E-state index is 5.66. The highest BCUT2D eigenvalue weighted by Gasteiger charge is 2.43. The highest BCUT2D eigenvalue weighted by molar-refractivity contribution is 5.17. The Hall–Kier alpha value is -1.55. The Morgan fingerprint density at radius 1 is 1.30 bits per heavy atom. The van der Waals surface area contributed by atoms with Crippen molar-refractivity contribution in [3.05, 3.63) is 42.4 Å². The van der Waals surface area contributed by atoms with Crippen LogP contribution in [0.2, 0.25) is 0 Å². The monoisotopic (exact) mass is 271 g/mol. The lowest BCUT2D eigenvalue weighted by atomic mass is 10.0. The van der Waals surface area contributed by atoms with Gasteiger partial charge in [0.05, 0.1) is 6.26 Å². The summed E-state index contributed by atoms with van der Waals surface area (Å²) in [6.07, 6.45) is 11.1. The van der Waals surface area contributed by atoms with Crippen molar-refractivity contribution in [2.24, 2.45) is 18.9 Å². The summed E-state index contributed by atoms with van der Waals surface area (Å²) < 4.78 is 7.74. The van der Waals surface area contributed by atoms with Crippen LogP contribution < -0.4 is 5.32 Å². The molecule has 1 N–H and O–H groups in total. The lowest BCUT2D eigenvalue weighted by Crippen LogP contribution is -2.37. The maximum atomic E-state index is 5.66. The van der Waals surface area contributed by atoms with Gasteiger partial charge in [0.1, 0.15) is 17.6 Å². The van der Waals surface area contributed by atoms with E-state index in [2.05, 4.69) is 14.9 Å². The highest BCUT2D eigenvalue weighted by atomic mass is 16.3. The number of furan rings is 1. The maximum Gasteiger partial charge on any atom is 0.133 e. The lowest BCUT2D eigenvalue weighted by molar-refractivity contribution is 0.343. The molecule has 0 aliphatic heterocycles. The molecule has 0 saturated heterocycles. The summed E-state index contributed by atoms with van der Waals surface area (Å²) in [7, 11) is 2.04. The van der Waals surface area contributed by atoms with Crippen LogP contribution in [0.3, 0.4) is 0 Å². The number of hydrogen-bond acceptors (Lipinski definition) is 3. The Kier molecular flexibility index (Phi) is 2.91. The van der Waals surface area contributed by atoms with Gasteiger partial charge in [-0.25, -0.2) is 4.98 Å². The highest BCUT2D eigenvalue weighted by Crippen LogP contribution is 2.45. The molecule has 2 aromatic rings. The van der Waals surface area contributed by atoms with E-state index in [9.17, 15) is 0 Å². The number of rotatable bonds is 6. The molecule has 4 nitrogen and oxygen atoms in total. The molecule has 2 heterocycles. The van der Waals surface area contributed by atoms with E-state index in [1.165, 1.54) is 25.7 Å². The Morgan fingerprint density at radius 2 is 2.05 bits per heavy atom. The van der Waals surface area contributed by atoms with Crippen molar-refractivity contribution in [2.45, 2.75) is 37.8 Å². The zero-order chi connectivity index (χ0) is 13.5. The summed E-state index contributed by atoms with van der Waals surface area (Å²) >= 11 is 0. The second kappa shape index (κ2) is 4.77. The van der Waals surface area contributed by atoms with E-state index >= 15 is 0 Å². The minimum atomic E-state index is 0.0659. The number of nitrogens with one attached hydrogen (secondary N) is 1. The number of aromatic nitrogens is 2. The summed E-state index contributed by atoms with van der Waals surface area (Å²) in [6.45, 7) is 0. The Bertz CT molecular complexity index is 554. The van der Waals surface area contributed by atoms with E-state index in [0.717, 1.165) is 23.4 Å². The Labute approximate surface area is 119 Å². The smallest absolute Gasteiger partial charge is 0.133 e. The minimum Gasteiger partial charge on any atom is -0.467 e. The first kappa shape index (κ1) is 12.2. The van der Waals surface area contributed by atoms with Crippen molar-refractivity contribution in [3.63, 3.8) is 0 Å². The standard InChI is InChI=1S/C16H21N3O/c1-19-9-8-17-16(19)15(13-3-2-10-20-13)18-14(11-4-5-11)12-6-7-12/h2-3,8-12,14-15,18H,4-7H2,1H3. The molecule has 2 aromatic heterocycles. The molecule has 20 heavy (non-hydrogen) atoms. The van der Waals surface area contributed by atoms with E-state index in [4.69, 9.17) is 4.42 Å². The SMILES string of the molecule is Cn1ccnc1C(NC(C1CC1)C1CC1)c1ccco1. The van der Waals surface area contributed by atoms with Gasteiger partial charge in [0.2, 0.25) is 0 Å². The van der Waals surface area contributed by atoms with Gasteiger partial charge in [0, 0.05) is 25.5 Å². The van der Waals surface area contributed by atoms with Crippen LogP contribution in [0.25, 0.3) is 0 Å². The third-order valence-corrected chi connectivity index (χ3v) is 4.56. The molecular weight excluding hydrogens is 250 g/mol. The largest absolute Gasteiger partial charge is 0.467 e. The van der Waals surface area contributed by atoms with Crippen LogP contribution in [0.1, 0.15) is 43.3 Å². The molecule has 1 unspecified atom stereocenters. The van der Waals surface area contributed by atoms with E-state index in [-0.39, 0.29) is 6.04 Å². The molecule has 0 bridgehead atoms. The average Bonchev–Trinajstić information content (AvgIpc) is 3.37. The molecule has 0 amide bonds. The van der Waals surface area contributed by atoms with Crippen LogP contribution in [0.4, 0.5) is 0 Å². The molecule has 4 heteroatoms. The van der Waals surface area contributed by atoms with Crippen molar-refractivity contribution < 1.29 is 4.42 Å². The van der Waals surface area contributed by atoms with E-state index in [1.54, 1.807) is 6.26 Å². The fraction of sp³-hybridized carbons (Fsp3) is 0.562. The molecular formula is C16H21N3O. The third-order valence-electron chi connectivity index (χ3n) is 4.56. The predicted molar refractivity (Wildman–Crippen MR) is 76.1 cm³/mol. The van der Waals surface area contributed by atoms with Crippen LogP contribution in [0.15, 0.2) is 35.2 Å². The van der Waals surface area contributed by atoms with Crippen molar-refractivity contribution in [1.82, 2.24) is 14.9 Å². The van der Waals surface area contributed by atoms with Gasteiger partial charge in [0.15, 0.2) is 0 Å². The zero-order valence-electron chi connectivity index (χ0n) is 11.8. The fourth-order valence-electron chi connectivity index (χ4n) is 3.15. The summed E-state index contributed by atoms with van der Waals surface area (Å²) in [4.78, 5) is 4.53. The van der Waals surface area contributed by atoms with Crippen molar-refractivity contribution >= 4 is 0 Å². The van der Waals surface area contributed by atoms with Crippen molar-refractivity contribution in [3.8, 4) is 0 Å². The minimum absolute atomic E-state index is 0.0659. The Morgan fingerprint density at radius 3 is 2.55 bits per heavy atom. The molecule has 106 valence electrons.